The maximum Gasteiger partial charge on any atom is 0.308 e. The molecule has 0 aliphatic carbocycles. The zero-order valence-corrected chi connectivity index (χ0v) is 10.9. The smallest absolute Gasteiger partial charge is 0.308 e. The van der Waals surface area contributed by atoms with E-state index in [1.807, 2.05) is 11.9 Å². The van der Waals surface area contributed by atoms with Crippen molar-refractivity contribution < 1.29 is 19.7 Å². The van der Waals surface area contributed by atoms with Crippen LogP contribution >= 0.6 is 0 Å². The normalized spacial score (nSPS) is 12.8. The first-order valence-electron chi connectivity index (χ1n) is 6.23. The minimum Gasteiger partial charge on any atom is -0.466 e. The summed E-state index contributed by atoms with van der Waals surface area (Å²) in [6.07, 6.45) is 2.17. The second kappa shape index (κ2) is 10.5. The summed E-state index contributed by atoms with van der Waals surface area (Å²) >= 11 is 0. The van der Waals surface area contributed by atoms with Crippen molar-refractivity contribution in [1.29, 1.82) is 0 Å². The van der Waals surface area contributed by atoms with Crippen molar-refractivity contribution in [2.45, 2.75) is 38.7 Å². The van der Waals surface area contributed by atoms with Gasteiger partial charge < -0.3 is 19.8 Å². The minimum atomic E-state index is -0.670. The highest BCUT2D eigenvalue weighted by molar-refractivity contribution is 5.69. The average Bonchev–Trinajstić information content (AvgIpc) is 2.24. The number of nitrogens with zero attached hydrogens (tertiary/aromatic N) is 1. The van der Waals surface area contributed by atoms with E-state index in [1.54, 1.807) is 6.92 Å². The van der Waals surface area contributed by atoms with Gasteiger partial charge in [-0.3, -0.25) is 4.79 Å². The number of esters is 1. The second-order valence-corrected chi connectivity index (χ2v) is 4.21. The highest BCUT2D eigenvalue weighted by Crippen LogP contribution is 2.01. The third-order valence-electron chi connectivity index (χ3n) is 2.43. The molecule has 0 aromatic rings. The van der Waals surface area contributed by atoms with Crippen LogP contribution in [0.15, 0.2) is 0 Å². The summed E-state index contributed by atoms with van der Waals surface area (Å²) in [4.78, 5) is 13.1. The van der Waals surface area contributed by atoms with Gasteiger partial charge in [0.25, 0.3) is 0 Å². The molecule has 17 heavy (non-hydrogen) atoms. The Hall–Kier alpha value is -0.650. The largest absolute Gasteiger partial charge is 0.466 e. The number of carbonyl (C=O) groups excluding carboxylic acids is 1. The Balaban J connectivity index is 3.57. The van der Waals surface area contributed by atoms with Gasteiger partial charge in [0.05, 0.1) is 19.1 Å². The Kier molecular flexibility index (Phi) is 10.1. The Morgan fingerprint density at radius 1 is 1.35 bits per heavy atom. The summed E-state index contributed by atoms with van der Waals surface area (Å²) in [5.41, 5.74) is 0. The second-order valence-electron chi connectivity index (χ2n) is 4.21. The van der Waals surface area contributed by atoms with Gasteiger partial charge in [0.15, 0.2) is 0 Å². The highest BCUT2D eigenvalue weighted by Gasteiger charge is 2.13. The van der Waals surface area contributed by atoms with Gasteiger partial charge in [-0.25, -0.2) is 0 Å². The molecule has 0 aliphatic rings. The van der Waals surface area contributed by atoms with Crippen molar-refractivity contribution in [3.05, 3.63) is 0 Å². The van der Waals surface area contributed by atoms with Crippen LogP contribution in [0.2, 0.25) is 0 Å². The van der Waals surface area contributed by atoms with Crippen LogP contribution in [0.4, 0.5) is 0 Å². The lowest BCUT2D eigenvalue weighted by Crippen LogP contribution is -2.31. The topological polar surface area (TPSA) is 70.0 Å². The average molecular weight is 247 g/mol. The van der Waals surface area contributed by atoms with Crippen LogP contribution in [0.3, 0.4) is 0 Å². The zero-order chi connectivity index (χ0) is 13.1. The molecule has 2 N–H and O–H groups in total. The molecule has 0 fully saturated rings. The van der Waals surface area contributed by atoms with Gasteiger partial charge in [0.1, 0.15) is 0 Å². The summed E-state index contributed by atoms with van der Waals surface area (Å²) in [6.45, 7) is 3.66. The first-order chi connectivity index (χ1) is 8.10. The minimum absolute atomic E-state index is 0.0504. The van der Waals surface area contributed by atoms with Crippen LogP contribution in [0, 0.1) is 0 Å². The molecule has 5 heteroatoms. The fourth-order valence-electron chi connectivity index (χ4n) is 1.60. The summed E-state index contributed by atoms with van der Waals surface area (Å²) in [5, 5.41) is 18.3. The molecule has 0 aromatic heterocycles. The highest BCUT2D eigenvalue weighted by atomic mass is 16.5. The van der Waals surface area contributed by atoms with Crippen molar-refractivity contribution in [2.24, 2.45) is 0 Å². The number of rotatable bonds is 10. The van der Waals surface area contributed by atoms with Crippen molar-refractivity contribution in [3.63, 3.8) is 0 Å². The van der Waals surface area contributed by atoms with Crippen molar-refractivity contribution in [3.8, 4) is 0 Å². The maximum atomic E-state index is 11.1. The standard InChI is InChI=1S/C12H25NO4/c1-3-17-12(16)9-11(15)10-13(2)7-5-4-6-8-14/h11,14-15H,3-10H2,1-2H3. The van der Waals surface area contributed by atoms with E-state index in [4.69, 9.17) is 9.84 Å². The predicted molar refractivity (Wildman–Crippen MR) is 65.7 cm³/mol. The molecule has 0 radical (unpaired) electrons. The van der Waals surface area contributed by atoms with Gasteiger partial charge in [0, 0.05) is 13.2 Å². The number of hydrogen-bond acceptors (Lipinski definition) is 5. The van der Waals surface area contributed by atoms with Crippen molar-refractivity contribution in [2.75, 3.05) is 33.4 Å². The number of carbonyl (C=O) groups is 1. The van der Waals surface area contributed by atoms with Gasteiger partial charge >= 0.3 is 5.97 Å². The zero-order valence-electron chi connectivity index (χ0n) is 10.9. The summed E-state index contributed by atoms with van der Waals surface area (Å²) in [5.74, 6) is -0.353. The molecule has 0 spiro atoms. The van der Waals surface area contributed by atoms with Crippen LogP contribution in [0.5, 0.6) is 0 Å². The molecule has 5 nitrogen and oxygen atoms in total. The van der Waals surface area contributed by atoms with E-state index < -0.39 is 6.10 Å². The Morgan fingerprint density at radius 2 is 2.06 bits per heavy atom. The van der Waals surface area contributed by atoms with Crippen LogP contribution in [0.25, 0.3) is 0 Å². The molecule has 0 amide bonds. The van der Waals surface area contributed by atoms with E-state index in [2.05, 4.69) is 0 Å². The molecular weight excluding hydrogens is 222 g/mol. The van der Waals surface area contributed by atoms with Crippen molar-refractivity contribution >= 4 is 5.97 Å². The van der Waals surface area contributed by atoms with Crippen LogP contribution in [-0.4, -0.2) is 60.5 Å². The number of unbranched alkanes of at least 4 members (excludes halogenated alkanes) is 2. The molecule has 0 saturated heterocycles. The fraction of sp³-hybridized carbons (Fsp3) is 0.917. The van der Waals surface area contributed by atoms with Crippen molar-refractivity contribution in [1.82, 2.24) is 4.90 Å². The molecule has 102 valence electrons. The van der Waals surface area contributed by atoms with E-state index in [0.29, 0.717) is 13.2 Å². The van der Waals surface area contributed by atoms with Gasteiger partial charge in [0.2, 0.25) is 0 Å². The Labute approximate surface area is 103 Å². The molecule has 1 unspecified atom stereocenters. The number of ether oxygens (including phenoxy) is 1. The third-order valence-corrected chi connectivity index (χ3v) is 2.43. The van der Waals surface area contributed by atoms with Crippen LogP contribution in [0.1, 0.15) is 32.6 Å². The number of hydrogen-bond donors (Lipinski definition) is 2. The first kappa shape index (κ1) is 16.4. The molecule has 1 atom stereocenters. The van der Waals surface area contributed by atoms with E-state index in [0.717, 1.165) is 25.8 Å². The maximum absolute atomic E-state index is 11.1. The molecule has 0 rings (SSSR count). The number of aliphatic hydroxyl groups excluding tert-OH is 2. The number of likely N-dealkylation sites (N-methyl/N-ethyl adjacent to an activating group) is 1. The van der Waals surface area contributed by atoms with Gasteiger partial charge in [-0.1, -0.05) is 0 Å². The monoisotopic (exact) mass is 247 g/mol. The van der Waals surface area contributed by atoms with E-state index in [1.165, 1.54) is 0 Å². The lowest BCUT2D eigenvalue weighted by Gasteiger charge is -2.19. The molecule has 0 aromatic carbocycles. The van der Waals surface area contributed by atoms with E-state index >= 15 is 0 Å². The van der Waals surface area contributed by atoms with E-state index in [-0.39, 0.29) is 19.0 Å². The summed E-state index contributed by atoms with van der Waals surface area (Å²) in [6, 6.07) is 0. The predicted octanol–water partition coefficient (Wildman–Crippen LogP) is 0.395. The lowest BCUT2D eigenvalue weighted by atomic mass is 10.2. The van der Waals surface area contributed by atoms with Crippen LogP contribution < -0.4 is 0 Å². The molecular formula is C12H25NO4. The van der Waals surface area contributed by atoms with E-state index in [9.17, 15) is 9.90 Å². The Morgan fingerprint density at radius 3 is 2.65 bits per heavy atom. The van der Waals surface area contributed by atoms with Gasteiger partial charge in [-0.2, -0.15) is 0 Å². The van der Waals surface area contributed by atoms with Gasteiger partial charge in [-0.15, -0.1) is 0 Å². The molecule has 0 bridgehead atoms. The van der Waals surface area contributed by atoms with Crippen LogP contribution in [-0.2, 0) is 9.53 Å². The third kappa shape index (κ3) is 10.2. The quantitative estimate of drug-likeness (QED) is 0.432. The van der Waals surface area contributed by atoms with Gasteiger partial charge in [-0.05, 0) is 39.8 Å². The lowest BCUT2D eigenvalue weighted by molar-refractivity contribution is -0.145. The first-order valence-corrected chi connectivity index (χ1v) is 6.23. The molecule has 0 heterocycles. The molecule has 0 saturated carbocycles. The summed E-state index contributed by atoms with van der Waals surface area (Å²) < 4.78 is 4.76. The fourth-order valence-corrected chi connectivity index (χ4v) is 1.60. The number of aliphatic hydroxyl groups is 2. The Bertz CT molecular complexity index is 199. The SMILES string of the molecule is CCOC(=O)CC(O)CN(C)CCCCCO. The molecule has 0 aliphatic heterocycles. The summed E-state index contributed by atoms with van der Waals surface area (Å²) in [7, 11) is 1.91.